The van der Waals surface area contributed by atoms with E-state index in [9.17, 15) is 4.79 Å². The van der Waals surface area contributed by atoms with Crippen LogP contribution in [0.2, 0.25) is 5.02 Å². The summed E-state index contributed by atoms with van der Waals surface area (Å²) >= 11 is 6.72. The molecule has 0 N–H and O–H groups in total. The molecule has 5 nitrogen and oxygen atoms in total. The number of nitrogens with zero attached hydrogens (tertiary/aromatic N) is 1. The van der Waals surface area contributed by atoms with Crippen molar-refractivity contribution in [3.05, 3.63) is 40.4 Å². The Morgan fingerprint density at radius 2 is 1.81 bits per heavy atom. The van der Waals surface area contributed by atoms with E-state index in [0.717, 1.165) is 22.9 Å². The number of pyridine rings is 1. The van der Waals surface area contributed by atoms with Crippen molar-refractivity contribution in [1.82, 2.24) is 4.98 Å². The summed E-state index contributed by atoms with van der Waals surface area (Å²) in [5, 5.41) is 0.504. The molecule has 2 heterocycles. The standard InChI is InChI=1S/C20H23BClNO4/c1-12-10-16(23-18(25-6)14(12)11-24)13-8-7-9-15(17(13)22)21-26-19(2,3)20(4,5)27-21/h7-11H,1-6H3. The lowest BCUT2D eigenvalue weighted by Gasteiger charge is -2.32. The van der Waals surface area contributed by atoms with Crippen molar-refractivity contribution >= 4 is 30.5 Å². The second-order valence-corrected chi connectivity index (χ2v) is 8.04. The van der Waals surface area contributed by atoms with E-state index in [1.165, 1.54) is 7.11 Å². The molecule has 142 valence electrons. The van der Waals surface area contributed by atoms with Crippen molar-refractivity contribution in [3.8, 4) is 17.1 Å². The second kappa shape index (κ2) is 6.93. The molecule has 0 spiro atoms. The summed E-state index contributed by atoms with van der Waals surface area (Å²) in [5.41, 5.74) is 2.37. The van der Waals surface area contributed by atoms with Crippen molar-refractivity contribution in [3.63, 3.8) is 0 Å². The Labute approximate surface area is 165 Å². The first-order valence-corrected chi connectivity index (χ1v) is 9.14. The van der Waals surface area contributed by atoms with Crippen LogP contribution in [0, 0.1) is 6.92 Å². The van der Waals surface area contributed by atoms with Crippen LogP contribution in [-0.4, -0.2) is 36.7 Å². The monoisotopic (exact) mass is 387 g/mol. The van der Waals surface area contributed by atoms with Gasteiger partial charge in [0, 0.05) is 16.0 Å². The van der Waals surface area contributed by atoms with Gasteiger partial charge in [-0.2, -0.15) is 0 Å². The van der Waals surface area contributed by atoms with Crippen LogP contribution in [0.3, 0.4) is 0 Å². The van der Waals surface area contributed by atoms with E-state index in [-0.39, 0.29) is 5.88 Å². The molecule has 0 radical (unpaired) electrons. The van der Waals surface area contributed by atoms with Gasteiger partial charge in [0.2, 0.25) is 5.88 Å². The Morgan fingerprint density at radius 1 is 1.19 bits per heavy atom. The summed E-state index contributed by atoms with van der Waals surface area (Å²) in [5.74, 6) is 0.275. The molecule has 3 rings (SSSR count). The number of aryl methyl sites for hydroxylation is 1. The van der Waals surface area contributed by atoms with Gasteiger partial charge in [-0.25, -0.2) is 4.98 Å². The molecule has 2 aromatic rings. The van der Waals surface area contributed by atoms with Crippen molar-refractivity contribution in [2.24, 2.45) is 0 Å². The van der Waals surface area contributed by atoms with Gasteiger partial charge >= 0.3 is 7.12 Å². The third-order valence-electron chi connectivity index (χ3n) is 5.35. The zero-order chi connectivity index (χ0) is 20.0. The molecule has 0 atom stereocenters. The summed E-state index contributed by atoms with van der Waals surface area (Å²) < 4.78 is 17.5. The number of ether oxygens (including phenoxy) is 1. The van der Waals surface area contributed by atoms with Gasteiger partial charge in [0.25, 0.3) is 0 Å². The molecule has 0 bridgehead atoms. The lowest BCUT2D eigenvalue weighted by atomic mass is 9.78. The number of benzene rings is 1. The summed E-state index contributed by atoms with van der Waals surface area (Å²) in [7, 11) is 0.917. The number of carbonyl (C=O) groups excluding carboxylic acids is 1. The number of hydrogen-bond acceptors (Lipinski definition) is 5. The molecule has 0 unspecified atom stereocenters. The van der Waals surface area contributed by atoms with Gasteiger partial charge < -0.3 is 14.0 Å². The molecule has 1 aliphatic heterocycles. The van der Waals surface area contributed by atoms with E-state index in [0.29, 0.717) is 16.3 Å². The molecule has 1 saturated heterocycles. The molecule has 0 saturated carbocycles. The molecular formula is C20H23BClNO4. The highest BCUT2D eigenvalue weighted by molar-refractivity contribution is 6.66. The quantitative estimate of drug-likeness (QED) is 0.589. The Balaban J connectivity index is 2.07. The van der Waals surface area contributed by atoms with Crippen LogP contribution >= 0.6 is 11.6 Å². The molecule has 1 aromatic carbocycles. The second-order valence-electron chi connectivity index (χ2n) is 7.66. The fourth-order valence-electron chi connectivity index (χ4n) is 2.99. The molecule has 1 fully saturated rings. The maximum absolute atomic E-state index is 11.3. The molecule has 7 heteroatoms. The summed E-state index contributed by atoms with van der Waals surface area (Å²) in [6.45, 7) is 9.83. The maximum Gasteiger partial charge on any atom is 0.496 e. The van der Waals surface area contributed by atoms with E-state index in [1.54, 1.807) is 0 Å². The number of methoxy groups -OCH3 is 1. The maximum atomic E-state index is 11.3. The molecule has 27 heavy (non-hydrogen) atoms. The fourth-order valence-corrected chi connectivity index (χ4v) is 3.30. The minimum absolute atomic E-state index is 0.275. The lowest BCUT2D eigenvalue weighted by Crippen LogP contribution is -2.41. The number of halogens is 1. The minimum atomic E-state index is -0.570. The van der Waals surface area contributed by atoms with Gasteiger partial charge in [-0.1, -0.05) is 29.8 Å². The number of rotatable bonds is 4. The summed E-state index contributed by atoms with van der Waals surface area (Å²) in [4.78, 5) is 15.8. The van der Waals surface area contributed by atoms with Crippen molar-refractivity contribution in [1.29, 1.82) is 0 Å². The van der Waals surface area contributed by atoms with Crippen molar-refractivity contribution < 1.29 is 18.8 Å². The minimum Gasteiger partial charge on any atom is -0.480 e. The summed E-state index contributed by atoms with van der Waals surface area (Å²) in [6, 6.07) is 7.47. The zero-order valence-corrected chi connectivity index (χ0v) is 17.2. The third-order valence-corrected chi connectivity index (χ3v) is 5.78. The predicted octanol–water partition coefficient (Wildman–Crippen LogP) is 3.83. The topological polar surface area (TPSA) is 57.6 Å². The molecule has 1 aromatic heterocycles. The normalized spacial score (nSPS) is 17.8. The van der Waals surface area contributed by atoms with Crippen molar-refractivity contribution in [2.45, 2.75) is 45.8 Å². The first-order chi connectivity index (χ1) is 12.6. The first-order valence-electron chi connectivity index (χ1n) is 8.76. The molecule has 0 amide bonds. The summed E-state index contributed by atoms with van der Waals surface area (Å²) in [6.07, 6.45) is 0.743. The number of carbonyl (C=O) groups is 1. The fraction of sp³-hybridized carbons (Fsp3) is 0.400. The number of aldehydes is 1. The molecule has 1 aliphatic rings. The van der Waals surface area contributed by atoms with Crippen LogP contribution in [0.4, 0.5) is 0 Å². The highest BCUT2D eigenvalue weighted by Gasteiger charge is 2.52. The van der Waals surface area contributed by atoms with Crippen LogP contribution in [-0.2, 0) is 9.31 Å². The van der Waals surface area contributed by atoms with E-state index >= 15 is 0 Å². The smallest absolute Gasteiger partial charge is 0.480 e. The predicted molar refractivity (Wildman–Crippen MR) is 107 cm³/mol. The van der Waals surface area contributed by atoms with Gasteiger partial charge in [-0.15, -0.1) is 0 Å². The van der Waals surface area contributed by atoms with Gasteiger partial charge in [0.1, 0.15) is 0 Å². The van der Waals surface area contributed by atoms with Gasteiger partial charge in [-0.3, -0.25) is 4.79 Å². The SMILES string of the molecule is COc1nc(-c2cccc(B3OC(C)(C)C(C)(C)O3)c2Cl)cc(C)c1C=O. The van der Waals surface area contributed by atoms with Crippen LogP contribution in [0.5, 0.6) is 5.88 Å². The van der Waals surface area contributed by atoms with Crippen LogP contribution in [0.15, 0.2) is 24.3 Å². The van der Waals surface area contributed by atoms with E-state index in [1.807, 2.05) is 58.9 Å². The largest absolute Gasteiger partial charge is 0.496 e. The highest BCUT2D eigenvalue weighted by atomic mass is 35.5. The Morgan fingerprint density at radius 3 is 2.37 bits per heavy atom. The van der Waals surface area contributed by atoms with Crippen LogP contribution in [0.25, 0.3) is 11.3 Å². The third kappa shape index (κ3) is 3.37. The average Bonchev–Trinajstić information content (AvgIpc) is 2.81. The van der Waals surface area contributed by atoms with E-state index in [2.05, 4.69) is 4.98 Å². The first kappa shape index (κ1) is 19.9. The Hall–Kier alpha value is -1.89. The Bertz CT molecular complexity index is 882. The van der Waals surface area contributed by atoms with E-state index < -0.39 is 18.3 Å². The number of hydrogen-bond donors (Lipinski definition) is 0. The molecular weight excluding hydrogens is 364 g/mol. The zero-order valence-electron chi connectivity index (χ0n) is 16.4. The van der Waals surface area contributed by atoms with Gasteiger partial charge in [-0.05, 0) is 46.2 Å². The number of aromatic nitrogens is 1. The van der Waals surface area contributed by atoms with Crippen LogP contribution in [0.1, 0.15) is 43.6 Å². The van der Waals surface area contributed by atoms with Crippen molar-refractivity contribution in [2.75, 3.05) is 7.11 Å². The highest BCUT2D eigenvalue weighted by Crippen LogP contribution is 2.38. The molecule has 0 aliphatic carbocycles. The van der Waals surface area contributed by atoms with Gasteiger partial charge in [0.05, 0.1) is 29.6 Å². The average molecular weight is 388 g/mol. The van der Waals surface area contributed by atoms with Crippen LogP contribution < -0.4 is 10.2 Å². The van der Waals surface area contributed by atoms with Gasteiger partial charge in [0.15, 0.2) is 6.29 Å². The van der Waals surface area contributed by atoms with E-state index in [4.69, 9.17) is 25.6 Å². The Kier molecular flexibility index (Phi) is 5.10. The lowest BCUT2D eigenvalue weighted by molar-refractivity contribution is 0.00578.